The van der Waals surface area contributed by atoms with Crippen molar-refractivity contribution < 1.29 is 42.9 Å². The molecule has 0 amide bonds. The van der Waals surface area contributed by atoms with E-state index in [0.29, 0.717) is 17.4 Å². The number of aliphatic carboxylic acids is 1. The smallest absolute Gasteiger partial charge is 0.306 e. The van der Waals surface area contributed by atoms with Crippen LogP contribution in [0.3, 0.4) is 0 Å². The summed E-state index contributed by atoms with van der Waals surface area (Å²) in [6.45, 7) is 4.57. The Morgan fingerprint density at radius 1 is 0.437 bits per heavy atom. The molecule has 0 radical (unpaired) electrons. The van der Waals surface area contributed by atoms with Crippen LogP contribution in [0.1, 0.15) is 219 Å². The number of rotatable bonds is 51. The lowest BCUT2D eigenvalue weighted by Crippen LogP contribution is -2.44. The van der Waals surface area contributed by atoms with E-state index in [-0.39, 0.29) is 38.6 Å². The van der Waals surface area contributed by atoms with Crippen molar-refractivity contribution in [3.05, 3.63) is 97.2 Å². The average molecular weight is 993 g/mol. The number of carbonyl (C=O) groups excluding carboxylic acids is 3. The molecule has 0 rings (SSSR count). The third-order valence-corrected chi connectivity index (χ3v) is 11.8. The maximum atomic E-state index is 12.8. The minimum absolute atomic E-state index is 0.146. The van der Waals surface area contributed by atoms with Gasteiger partial charge in [0, 0.05) is 12.8 Å². The molecule has 2 atom stereocenters. The molecule has 0 aromatic carbocycles. The first-order valence-electron chi connectivity index (χ1n) is 28.4. The van der Waals surface area contributed by atoms with Gasteiger partial charge in [-0.3, -0.25) is 9.59 Å². The Labute approximate surface area is 435 Å². The molecule has 0 aliphatic carbocycles. The number of esters is 2. The Kier molecular flexibility index (Phi) is 49.7. The van der Waals surface area contributed by atoms with E-state index in [0.717, 1.165) is 89.9 Å². The van der Waals surface area contributed by atoms with Crippen molar-refractivity contribution in [2.24, 2.45) is 0 Å². The molecule has 0 spiro atoms. The molecule has 0 aromatic rings. The summed E-state index contributed by atoms with van der Waals surface area (Å²) < 4.78 is 22.5. The molecule has 9 heteroatoms. The SMILES string of the molecule is CC/C=C\C/C=C\C/C=C\C/C=C\C/C=C\C/C=C\C/C=C\C/C=C\CCCCCCCCCCCCCCCCC(=O)OC(COC(=O)CCCCCCCCC)COC(OCC[N+](C)(C)C)C(=O)[O-]. The number of carboxylic acids is 1. The highest BCUT2D eigenvalue weighted by Gasteiger charge is 2.22. The Bertz CT molecular complexity index is 1480. The molecule has 2 unspecified atom stereocenters. The summed E-state index contributed by atoms with van der Waals surface area (Å²) in [5.74, 6) is -2.29. The highest BCUT2D eigenvalue weighted by molar-refractivity contribution is 5.70. The maximum absolute atomic E-state index is 12.8. The third kappa shape index (κ3) is 53.8. The lowest BCUT2D eigenvalue weighted by molar-refractivity contribution is -0.870. The zero-order chi connectivity index (χ0) is 52.0. The van der Waals surface area contributed by atoms with Crippen LogP contribution < -0.4 is 5.11 Å². The number of likely N-dealkylation sites (N-methyl/N-ethyl adjacent to an activating group) is 1. The number of unbranched alkanes of at least 4 members (excludes halogenated alkanes) is 20. The summed E-state index contributed by atoms with van der Waals surface area (Å²) in [5, 5.41) is 11.7. The predicted molar refractivity (Wildman–Crippen MR) is 297 cm³/mol. The first-order chi connectivity index (χ1) is 34.6. The Morgan fingerprint density at radius 2 is 0.803 bits per heavy atom. The number of carboxylic acid groups (broad SMARTS) is 1. The topological polar surface area (TPSA) is 111 Å². The number of ether oxygens (including phenoxy) is 4. The van der Waals surface area contributed by atoms with Gasteiger partial charge in [0.15, 0.2) is 12.4 Å². The summed E-state index contributed by atoms with van der Waals surface area (Å²) >= 11 is 0. The molecular formula is C62H105NO8. The second kappa shape index (κ2) is 52.5. The second-order valence-electron chi connectivity index (χ2n) is 19.9. The zero-order valence-corrected chi connectivity index (χ0v) is 46.1. The van der Waals surface area contributed by atoms with Gasteiger partial charge < -0.3 is 33.3 Å². The number of quaternary nitrogens is 1. The summed E-state index contributed by atoms with van der Waals surface area (Å²) in [5.41, 5.74) is 0. The Balaban J connectivity index is 3.98. The Morgan fingerprint density at radius 3 is 1.20 bits per heavy atom. The highest BCUT2D eigenvalue weighted by Crippen LogP contribution is 2.15. The van der Waals surface area contributed by atoms with E-state index >= 15 is 0 Å². The van der Waals surface area contributed by atoms with Gasteiger partial charge in [-0.1, -0.05) is 227 Å². The van der Waals surface area contributed by atoms with E-state index < -0.39 is 24.3 Å². The van der Waals surface area contributed by atoms with Gasteiger partial charge >= 0.3 is 11.9 Å². The summed E-state index contributed by atoms with van der Waals surface area (Å²) in [6.07, 6.45) is 67.9. The van der Waals surface area contributed by atoms with Crippen LogP contribution in [0.5, 0.6) is 0 Å². The van der Waals surface area contributed by atoms with Crippen molar-refractivity contribution in [3.8, 4) is 0 Å². The fraction of sp³-hybridized carbons (Fsp3) is 0.694. The lowest BCUT2D eigenvalue weighted by atomic mass is 10.0. The normalized spacial score (nSPS) is 13.5. The van der Waals surface area contributed by atoms with E-state index in [1.165, 1.54) is 96.3 Å². The van der Waals surface area contributed by atoms with Gasteiger partial charge in [-0.05, 0) is 77.0 Å². The quantitative estimate of drug-likeness (QED) is 0.0195. The minimum Gasteiger partial charge on any atom is -0.545 e. The molecule has 0 heterocycles. The highest BCUT2D eigenvalue weighted by atomic mass is 16.7. The molecule has 406 valence electrons. The second-order valence-corrected chi connectivity index (χ2v) is 19.9. The Hall–Kier alpha value is -3.79. The number of allylic oxidation sites excluding steroid dienone is 16. The van der Waals surface area contributed by atoms with Gasteiger partial charge in [-0.15, -0.1) is 0 Å². The van der Waals surface area contributed by atoms with Gasteiger partial charge in [0.2, 0.25) is 0 Å². The van der Waals surface area contributed by atoms with Gasteiger partial charge in [-0.25, -0.2) is 0 Å². The molecule has 0 aromatic heterocycles. The number of hydrogen-bond acceptors (Lipinski definition) is 8. The van der Waals surface area contributed by atoms with Crippen molar-refractivity contribution >= 4 is 17.9 Å². The molecule has 0 aliphatic rings. The van der Waals surface area contributed by atoms with Crippen LogP contribution >= 0.6 is 0 Å². The summed E-state index contributed by atoms with van der Waals surface area (Å²) in [4.78, 5) is 36.9. The average Bonchev–Trinajstić information content (AvgIpc) is 3.34. The van der Waals surface area contributed by atoms with Gasteiger partial charge in [0.25, 0.3) is 0 Å². The van der Waals surface area contributed by atoms with Crippen molar-refractivity contribution in [2.45, 2.75) is 232 Å². The van der Waals surface area contributed by atoms with E-state index in [2.05, 4.69) is 111 Å². The summed E-state index contributed by atoms with van der Waals surface area (Å²) in [7, 11) is 5.90. The van der Waals surface area contributed by atoms with Crippen molar-refractivity contribution in [3.63, 3.8) is 0 Å². The van der Waals surface area contributed by atoms with Crippen LogP contribution in [-0.2, 0) is 33.3 Å². The maximum Gasteiger partial charge on any atom is 0.306 e. The number of nitrogens with zero attached hydrogens (tertiary/aromatic N) is 1. The third-order valence-electron chi connectivity index (χ3n) is 11.8. The van der Waals surface area contributed by atoms with Gasteiger partial charge in [0.05, 0.1) is 40.3 Å². The molecule has 0 saturated heterocycles. The fourth-order valence-electron chi connectivity index (χ4n) is 7.49. The molecular weight excluding hydrogens is 887 g/mol. The van der Waals surface area contributed by atoms with Crippen LogP contribution in [0.15, 0.2) is 97.2 Å². The molecule has 9 nitrogen and oxygen atoms in total. The summed E-state index contributed by atoms with van der Waals surface area (Å²) in [6, 6.07) is 0. The largest absolute Gasteiger partial charge is 0.545 e. The molecule has 0 aliphatic heterocycles. The van der Waals surface area contributed by atoms with Crippen LogP contribution in [0, 0.1) is 0 Å². The van der Waals surface area contributed by atoms with Crippen LogP contribution in [0.2, 0.25) is 0 Å². The first-order valence-corrected chi connectivity index (χ1v) is 28.4. The van der Waals surface area contributed by atoms with E-state index in [1.54, 1.807) is 0 Å². The van der Waals surface area contributed by atoms with Gasteiger partial charge in [-0.2, -0.15) is 0 Å². The molecule has 0 bridgehead atoms. The monoisotopic (exact) mass is 992 g/mol. The number of carbonyl (C=O) groups is 3. The molecule has 0 saturated carbocycles. The van der Waals surface area contributed by atoms with Crippen molar-refractivity contribution in [2.75, 3.05) is 47.5 Å². The minimum atomic E-state index is -1.62. The standard InChI is InChI=1S/C62H105NO8/c1-6-8-10-12-14-15-16-17-18-19-20-21-22-23-24-25-26-27-28-29-30-31-32-33-34-35-36-37-38-39-40-41-42-43-44-45-47-49-51-53-60(65)71-58(56-69-59(64)52-50-48-46-13-11-9-7-2)57-70-62(61(66)67)68-55-54-63(3,4)5/h8,10,14-15,17-18,20-21,23-24,26-27,29-30,32-33,58,62H,6-7,9,11-13,16,19,22,25,28,31,34-57H2,1-5H3/b10-8-,15-14-,18-17-,21-20-,24-23-,27-26-,30-29-,33-32-. The number of hydrogen-bond donors (Lipinski definition) is 0. The van der Waals surface area contributed by atoms with Crippen molar-refractivity contribution in [1.82, 2.24) is 0 Å². The van der Waals surface area contributed by atoms with E-state index in [1.807, 2.05) is 21.1 Å². The predicted octanol–water partition coefficient (Wildman–Crippen LogP) is 15.2. The lowest BCUT2D eigenvalue weighted by Gasteiger charge is -2.26. The van der Waals surface area contributed by atoms with E-state index in [9.17, 15) is 19.5 Å². The first kappa shape index (κ1) is 67.2. The fourth-order valence-corrected chi connectivity index (χ4v) is 7.49. The van der Waals surface area contributed by atoms with Crippen LogP contribution in [-0.4, -0.2) is 82.3 Å². The van der Waals surface area contributed by atoms with Crippen LogP contribution in [0.25, 0.3) is 0 Å². The van der Waals surface area contributed by atoms with Gasteiger partial charge in [0.1, 0.15) is 13.2 Å². The molecule has 71 heavy (non-hydrogen) atoms. The molecule has 0 fully saturated rings. The van der Waals surface area contributed by atoms with Crippen molar-refractivity contribution in [1.29, 1.82) is 0 Å². The van der Waals surface area contributed by atoms with E-state index in [4.69, 9.17) is 18.9 Å². The van der Waals surface area contributed by atoms with Crippen LogP contribution in [0.4, 0.5) is 0 Å². The molecule has 0 N–H and O–H groups in total. The zero-order valence-electron chi connectivity index (χ0n) is 46.1.